The van der Waals surface area contributed by atoms with Crippen LogP contribution in [0, 0.1) is 0 Å². The Bertz CT molecular complexity index is 1290. The fourth-order valence-corrected chi connectivity index (χ4v) is 5.83. The molecule has 0 radical (unpaired) electrons. The summed E-state index contributed by atoms with van der Waals surface area (Å²) >= 11 is 0. The molecule has 2 aliphatic rings. The van der Waals surface area contributed by atoms with Gasteiger partial charge in [-0.15, -0.1) is 0 Å². The van der Waals surface area contributed by atoms with Crippen molar-refractivity contribution in [1.82, 2.24) is 4.90 Å². The lowest BCUT2D eigenvalue weighted by Crippen LogP contribution is -2.39. The molecular weight excluding hydrogens is 454 g/mol. The number of aliphatic hydroxyl groups excluding tert-OH is 1. The van der Waals surface area contributed by atoms with Crippen LogP contribution in [0.15, 0.2) is 65.6 Å². The van der Waals surface area contributed by atoms with Crippen LogP contribution in [0.4, 0.5) is 0 Å². The van der Waals surface area contributed by atoms with Gasteiger partial charge in [0.15, 0.2) is 11.5 Å². The van der Waals surface area contributed by atoms with Gasteiger partial charge in [-0.05, 0) is 59.9 Å². The lowest BCUT2D eigenvalue weighted by Gasteiger charge is -2.42. The van der Waals surface area contributed by atoms with Crippen molar-refractivity contribution in [3.05, 3.63) is 82.9 Å². The number of hydrogen-bond donors (Lipinski definition) is 1. The molecule has 0 aliphatic carbocycles. The zero-order valence-corrected chi connectivity index (χ0v) is 19.8. The predicted octanol–water partition coefficient (Wildman–Crippen LogP) is 3.49. The molecule has 1 N–H and O–H groups in total. The monoisotopic (exact) mass is 481 g/mol. The molecule has 0 amide bonds. The minimum Gasteiger partial charge on any atom is -0.493 e. The second kappa shape index (κ2) is 9.29. The van der Waals surface area contributed by atoms with Gasteiger partial charge in [0.25, 0.3) is 0 Å². The molecule has 0 saturated carbocycles. The SMILES string of the molecule is COc1ccc2c(c1OS(=O)(=O)c1ccccc1)CN1CCc3cc(OCCO)ccc3C1C2. The molecule has 0 spiro atoms. The highest BCUT2D eigenvalue weighted by Gasteiger charge is 2.35. The second-order valence-electron chi connectivity index (χ2n) is 8.46. The molecule has 2 heterocycles. The molecular formula is C26H27NO6S. The first-order valence-electron chi connectivity index (χ1n) is 11.3. The zero-order valence-electron chi connectivity index (χ0n) is 18.9. The molecule has 7 nitrogen and oxygen atoms in total. The highest BCUT2D eigenvalue weighted by molar-refractivity contribution is 7.87. The summed E-state index contributed by atoms with van der Waals surface area (Å²) in [4.78, 5) is 2.47. The summed E-state index contributed by atoms with van der Waals surface area (Å²) in [5.41, 5.74) is 4.40. The molecule has 0 aromatic heterocycles. The van der Waals surface area contributed by atoms with E-state index in [4.69, 9.17) is 18.8 Å². The molecule has 34 heavy (non-hydrogen) atoms. The van der Waals surface area contributed by atoms with Gasteiger partial charge in [0.1, 0.15) is 17.3 Å². The molecule has 3 aromatic rings. The quantitative estimate of drug-likeness (QED) is 0.517. The van der Waals surface area contributed by atoms with Crippen molar-refractivity contribution in [1.29, 1.82) is 0 Å². The van der Waals surface area contributed by atoms with E-state index in [0.717, 1.165) is 36.3 Å². The first-order chi connectivity index (χ1) is 16.5. The fraction of sp³-hybridized carbons (Fsp3) is 0.308. The topological polar surface area (TPSA) is 85.3 Å². The second-order valence-corrected chi connectivity index (χ2v) is 10.0. The molecule has 1 atom stereocenters. The molecule has 1 unspecified atom stereocenters. The molecule has 5 rings (SSSR count). The molecule has 0 bridgehead atoms. The van der Waals surface area contributed by atoms with Gasteiger partial charge >= 0.3 is 10.1 Å². The van der Waals surface area contributed by atoms with Gasteiger partial charge in [-0.1, -0.05) is 30.3 Å². The Labute approximate surface area is 199 Å². The van der Waals surface area contributed by atoms with Crippen molar-refractivity contribution in [3.8, 4) is 17.2 Å². The van der Waals surface area contributed by atoms with Crippen LogP contribution in [-0.2, 0) is 29.5 Å². The van der Waals surface area contributed by atoms with Gasteiger partial charge in [-0.3, -0.25) is 4.90 Å². The Hall–Kier alpha value is -3.07. The van der Waals surface area contributed by atoms with Crippen LogP contribution in [0.3, 0.4) is 0 Å². The number of hydrogen-bond acceptors (Lipinski definition) is 7. The highest BCUT2D eigenvalue weighted by atomic mass is 32.2. The number of rotatable bonds is 7. The maximum absolute atomic E-state index is 13.0. The first kappa shape index (κ1) is 22.7. The molecule has 0 saturated heterocycles. The van der Waals surface area contributed by atoms with Crippen LogP contribution < -0.4 is 13.7 Å². The lowest BCUT2D eigenvalue weighted by molar-refractivity contribution is 0.158. The summed E-state index contributed by atoms with van der Waals surface area (Å²) in [6.07, 6.45) is 1.60. The molecule has 0 fully saturated rings. The maximum Gasteiger partial charge on any atom is 0.339 e. The number of benzene rings is 3. The van der Waals surface area contributed by atoms with Gasteiger partial charge in [-0.2, -0.15) is 8.42 Å². The number of fused-ring (bicyclic) bond motifs is 4. The van der Waals surface area contributed by atoms with Crippen LogP contribution in [0.1, 0.15) is 28.3 Å². The Balaban J connectivity index is 1.48. The van der Waals surface area contributed by atoms with Crippen LogP contribution in [-0.4, -0.2) is 45.3 Å². The molecule has 2 aliphatic heterocycles. The Kier molecular flexibility index (Phi) is 6.20. The van der Waals surface area contributed by atoms with Crippen molar-refractivity contribution >= 4 is 10.1 Å². The fourth-order valence-electron chi connectivity index (χ4n) is 4.84. The molecule has 8 heteroatoms. The summed E-state index contributed by atoms with van der Waals surface area (Å²) in [5.74, 6) is 1.43. The lowest BCUT2D eigenvalue weighted by atomic mass is 9.83. The largest absolute Gasteiger partial charge is 0.493 e. The summed E-state index contributed by atoms with van der Waals surface area (Å²) in [6, 6.07) is 18.2. The van der Waals surface area contributed by atoms with Gasteiger partial charge in [0, 0.05) is 24.7 Å². The first-order valence-corrected chi connectivity index (χ1v) is 12.7. The molecule has 3 aromatic carbocycles. The van der Waals surface area contributed by atoms with E-state index in [1.807, 2.05) is 12.1 Å². The minimum atomic E-state index is -4.00. The van der Waals surface area contributed by atoms with Crippen LogP contribution in [0.5, 0.6) is 17.2 Å². The molecule has 178 valence electrons. The van der Waals surface area contributed by atoms with Crippen LogP contribution >= 0.6 is 0 Å². The third kappa shape index (κ3) is 4.24. The number of ether oxygens (including phenoxy) is 2. The van der Waals surface area contributed by atoms with E-state index in [-0.39, 0.29) is 29.9 Å². The summed E-state index contributed by atoms with van der Waals surface area (Å²) in [7, 11) is -2.48. The Morgan fingerprint density at radius 1 is 1.06 bits per heavy atom. The smallest absolute Gasteiger partial charge is 0.339 e. The van der Waals surface area contributed by atoms with Crippen molar-refractivity contribution in [2.24, 2.45) is 0 Å². The highest BCUT2D eigenvalue weighted by Crippen LogP contribution is 2.45. The van der Waals surface area contributed by atoms with Gasteiger partial charge < -0.3 is 18.8 Å². The normalized spacial score (nSPS) is 17.3. The van der Waals surface area contributed by atoms with Gasteiger partial charge in [-0.25, -0.2) is 0 Å². The average molecular weight is 482 g/mol. The third-order valence-electron chi connectivity index (χ3n) is 6.48. The Morgan fingerprint density at radius 2 is 1.88 bits per heavy atom. The number of methoxy groups -OCH3 is 1. The minimum absolute atomic E-state index is 0.0157. The van der Waals surface area contributed by atoms with E-state index < -0.39 is 10.1 Å². The van der Waals surface area contributed by atoms with E-state index in [0.29, 0.717) is 12.3 Å². The number of nitrogens with zero attached hydrogens (tertiary/aromatic N) is 1. The van der Waals surface area contributed by atoms with Crippen molar-refractivity contribution in [3.63, 3.8) is 0 Å². The van der Waals surface area contributed by atoms with E-state index in [2.05, 4.69) is 17.0 Å². The van der Waals surface area contributed by atoms with E-state index in [1.165, 1.54) is 30.4 Å². The maximum atomic E-state index is 13.0. The van der Waals surface area contributed by atoms with E-state index in [9.17, 15) is 8.42 Å². The number of aliphatic hydroxyl groups is 1. The van der Waals surface area contributed by atoms with E-state index in [1.54, 1.807) is 24.3 Å². The van der Waals surface area contributed by atoms with Gasteiger partial charge in [0.05, 0.1) is 13.7 Å². The zero-order chi connectivity index (χ0) is 23.7. The van der Waals surface area contributed by atoms with Crippen molar-refractivity contribution in [2.75, 3.05) is 26.9 Å². The predicted molar refractivity (Wildman–Crippen MR) is 127 cm³/mol. The third-order valence-corrected chi connectivity index (χ3v) is 7.72. The Morgan fingerprint density at radius 3 is 2.65 bits per heavy atom. The van der Waals surface area contributed by atoms with Crippen LogP contribution in [0.25, 0.3) is 0 Å². The summed E-state index contributed by atoms with van der Waals surface area (Å²) < 4.78 is 42.8. The van der Waals surface area contributed by atoms with Crippen LogP contribution in [0.2, 0.25) is 0 Å². The summed E-state index contributed by atoms with van der Waals surface area (Å²) in [6.45, 7) is 1.66. The van der Waals surface area contributed by atoms with Gasteiger partial charge in [0.2, 0.25) is 0 Å². The average Bonchev–Trinajstić information content (AvgIpc) is 2.87. The summed E-state index contributed by atoms with van der Waals surface area (Å²) in [5, 5.41) is 9.02. The van der Waals surface area contributed by atoms with E-state index >= 15 is 0 Å². The standard InChI is InChI=1S/C26H27NO6S/c1-31-25-10-7-18-16-24-22-9-8-20(32-14-13-28)15-19(22)11-12-27(24)17-23(18)26(25)33-34(29,30)21-5-3-2-4-6-21/h2-10,15,24,28H,11-14,16-17H2,1H3. The van der Waals surface area contributed by atoms with Crippen molar-refractivity contribution in [2.45, 2.75) is 30.3 Å². The van der Waals surface area contributed by atoms with Crippen molar-refractivity contribution < 1.29 is 27.2 Å².